The number of amides is 2. The van der Waals surface area contributed by atoms with Crippen molar-refractivity contribution in [1.29, 1.82) is 0 Å². The molecule has 11 heteroatoms. The van der Waals surface area contributed by atoms with Crippen molar-refractivity contribution in [3.63, 3.8) is 0 Å². The topological polar surface area (TPSA) is 143 Å². The van der Waals surface area contributed by atoms with Gasteiger partial charge in [0.25, 0.3) is 0 Å². The van der Waals surface area contributed by atoms with Crippen LogP contribution in [0.5, 0.6) is 23.0 Å². The van der Waals surface area contributed by atoms with Gasteiger partial charge < -0.3 is 34.2 Å². The zero-order chi connectivity index (χ0) is 37.0. The molecule has 2 N–H and O–H groups in total. The number of para-hydroxylation sites is 2. The van der Waals surface area contributed by atoms with Gasteiger partial charge in [0.2, 0.25) is 11.8 Å². The zero-order valence-corrected chi connectivity index (χ0v) is 29.3. The van der Waals surface area contributed by atoms with E-state index >= 15 is 0 Å². The van der Waals surface area contributed by atoms with E-state index in [9.17, 15) is 29.4 Å². The van der Waals surface area contributed by atoms with E-state index in [1.807, 2.05) is 98.8 Å². The SMILES string of the molecule is CCCN(Cc1ccc(Oc2ccccc2)cc1)C(=O)[C@@H]1[C@H](CC(=O)O)[C@@H](OC(=O)O)[C@H]1C(=O)N(CCC)Cc1ccc(Oc2ccccc2)cc1. The van der Waals surface area contributed by atoms with E-state index in [0.717, 1.165) is 11.1 Å². The molecule has 4 atom stereocenters. The van der Waals surface area contributed by atoms with Crippen LogP contribution in [0.25, 0.3) is 0 Å². The summed E-state index contributed by atoms with van der Waals surface area (Å²) >= 11 is 0. The Balaban J connectivity index is 1.37. The molecule has 1 aliphatic rings. The van der Waals surface area contributed by atoms with Gasteiger partial charge in [-0.05, 0) is 72.5 Å². The molecule has 0 bridgehead atoms. The number of hydrogen-bond donors (Lipinski definition) is 2. The summed E-state index contributed by atoms with van der Waals surface area (Å²) in [6.07, 6.45) is -2.25. The predicted molar refractivity (Wildman–Crippen MR) is 193 cm³/mol. The zero-order valence-electron chi connectivity index (χ0n) is 29.3. The molecule has 11 nitrogen and oxygen atoms in total. The van der Waals surface area contributed by atoms with Gasteiger partial charge in [0.05, 0.1) is 18.3 Å². The number of carbonyl (C=O) groups excluding carboxylic acids is 2. The molecular weight excluding hydrogens is 664 g/mol. The highest BCUT2D eigenvalue weighted by Gasteiger charge is 2.61. The van der Waals surface area contributed by atoms with Crippen LogP contribution < -0.4 is 9.47 Å². The molecule has 4 aromatic rings. The second-order valence-electron chi connectivity index (χ2n) is 12.8. The van der Waals surface area contributed by atoms with Crippen LogP contribution in [0.1, 0.15) is 44.2 Å². The number of rotatable bonds is 17. The van der Waals surface area contributed by atoms with Crippen molar-refractivity contribution >= 4 is 23.9 Å². The third kappa shape index (κ3) is 9.69. The fourth-order valence-electron chi connectivity index (χ4n) is 6.66. The first kappa shape index (κ1) is 37.4. The van der Waals surface area contributed by atoms with Crippen LogP contribution in [-0.4, -0.2) is 63.1 Å². The van der Waals surface area contributed by atoms with Gasteiger partial charge in [0, 0.05) is 32.1 Å². The van der Waals surface area contributed by atoms with Crippen molar-refractivity contribution in [2.45, 2.75) is 52.3 Å². The lowest BCUT2D eigenvalue weighted by atomic mass is 9.59. The van der Waals surface area contributed by atoms with Gasteiger partial charge in [0.15, 0.2) is 0 Å². The van der Waals surface area contributed by atoms with Crippen LogP contribution in [0.15, 0.2) is 109 Å². The molecule has 5 rings (SSSR count). The van der Waals surface area contributed by atoms with Crippen molar-refractivity contribution in [2.75, 3.05) is 13.1 Å². The lowest BCUT2D eigenvalue weighted by Gasteiger charge is -2.50. The minimum atomic E-state index is -1.64. The van der Waals surface area contributed by atoms with Crippen LogP contribution in [0.4, 0.5) is 4.79 Å². The van der Waals surface area contributed by atoms with Crippen molar-refractivity contribution in [3.8, 4) is 23.0 Å². The fraction of sp³-hybridized carbons (Fsp3) is 0.317. The number of carboxylic acids is 1. The maximum atomic E-state index is 14.4. The second-order valence-corrected chi connectivity index (χ2v) is 12.8. The van der Waals surface area contributed by atoms with Crippen LogP contribution in [-0.2, 0) is 32.2 Å². The van der Waals surface area contributed by atoms with E-state index in [0.29, 0.717) is 48.9 Å². The summed E-state index contributed by atoms with van der Waals surface area (Å²) in [6.45, 7) is 4.91. The Hall–Kier alpha value is -5.84. The molecule has 0 aromatic heterocycles. The van der Waals surface area contributed by atoms with Gasteiger partial charge in [-0.25, -0.2) is 4.79 Å². The quantitative estimate of drug-likeness (QED) is 0.105. The van der Waals surface area contributed by atoms with Crippen molar-refractivity contribution in [1.82, 2.24) is 9.80 Å². The van der Waals surface area contributed by atoms with E-state index < -0.39 is 54.2 Å². The Morgan fingerprint density at radius 1 is 0.577 bits per heavy atom. The molecule has 0 heterocycles. The van der Waals surface area contributed by atoms with Gasteiger partial charge in [-0.1, -0.05) is 74.5 Å². The Morgan fingerprint density at radius 3 is 1.37 bits per heavy atom. The van der Waals surface area contributed by atoms with E-state index in [-0.39, 0.29) is 13.1 Å². The molecule has 0 spiro atoms. The Kier molecular flexibility index (Phi) is 12.9. The highest BCUT2D eigenvalue weighted by Crippen LogP contribution is 2.47. The second kappa shape index (κ2) is 17.9. The first-order chi connectivity index (χ1) is 25.2. The van der Waals surface area contributed by atoms with Crippen molar-refractivity contribution < 1.29 is 43.6 Å². The van der Waals surface area contributed by atoms with Crippen LogP contribution in [0, 0.1) is 17.8 Å². The molecule has 0 radical (unpaired) electrons. The van der Waals surface area contributed by atoms with Crippen LogP contribution >= 0.6 is 0 Å². The van der Waals surface area contributed by atoms with E-state index in [2.05, 4.69) is 0 Å². The highest BCUT2D eigenvalue weighted by molar-refractivity contribution is 5.91. The third-order valence-corrected chi connectivity index (χ3v) is 9.00. The van der Waals surface area contributed by atoms with Gasteiger partial charge >= 0.3 is 12.1 Å². The first-order valence-electron chi connectivity index (χ1n) is 17.5. The first-order valence-corrected chi connectivity index (χ1v) is 17.5. The monoisotopic (exact) mass is 708 g/mol. The molecule has 0 unspecified atom stereocenters. The summed E-state index contributed by atoms with van der Waals surface area (Å²) in [6, 6.07) is 33.3. The van der Waals surface area contributed by atoms with E-state index in [1.54, 1.807) is 34.1 Å². The largest absolute Gasteiger partial charge is 0.506 e. The van der Waals surface area contributed by atoms with Crippen LogP contribution in [0.2, 0.25) is 0 Å². The maximum absolute atomic E-state index is 14.4. The smallest absolute Gasteiger partial charge is 0.481 e. The normalized spacial score (nSPS) is 17.7. The molecular formula is C41H44N2O9. The summed E-state index contributed by atoms with van der Waals surface area (Å²) in [5.41, 5.74) is 1.61. The summed E-state index contributed by atoms with van der Waals surface area (Å²) in [5.74, 6) is -2.79. The average Bonchev–Trinajstić information content (AvgIpc) is 3.13. The Labute approximate surface area is 303 Å². The average molecular weight is 709 g/mol. The standard InChI is InChI=1S/C41H44N2O9/c1-3-23-42(26-28-15-19-32(20-16-28)50-30-11-7-5-8-12-30)39(46)36-34(25-35(44)45)38(52-41(48)49)37(36)40(47)43(24-4-2)27-29-17-21-33(22-18-29)51-31-13-9-6-10-14-31/h5-22,34,36-38H,3-4,23-27H2,1-2H3,(H,44,45)(H,48,49)/t34-,36+,37-,38+/m0/s1. The molecule has 1 saturated carbocycles. The van der Waals surface area contributed by atoms with E-state index in [4.69, 9.17) is 14.2 Å². The number of carboxylic acid groups (broad SMARTS) is 2. The summed E-state index contributed by atoms with van der Waals surface area (Å²) < 4.78 is 17.0. The van der Waals surface area contributed by atoms with Gasteiger partial charge in [-0.3, -0.25) is 14.4 Å². The predicted octanol–water partition coefficient (Wildman–Crippen LogP) is 7.85. The van der Waals surface area contributed by atoms with Gasteiger partial charge in [-0.2, -0.15) is 0 Å². The lowest BCUT2D eigenvalue weighted by molar-refractivity contribution is -0.183. The third-order valence-electron chi connectivity index (χ3n) is 9.00. The molecule has 4 aromatic carbocycles. The summed E-state index contributed by atoms with van der Waals surface area (Å²) in [7, 11) is 0. The fourth-order valence-corrected chi connectivity index (χ4v) is 6.66. The molecule has 1 aliphatic carbocycles. The minimum Gasteiger partial charge on any atom is -0.481 e. The van der Waals surface area contributed by atoms with Crippen molar-refractivity contribution in [3.05, 3.63) is 120 Å². The number of aliphatic carboxylic acids is 1. The number of hydrogen-bond acceptors (Lipinski definition) is 7. The lowest BCUT2D eigenvalue weighted by Crippen LogP contribution is -2.64. The molecule has 0 aliphatic heterocycles. The minimum absolute atomic E-state index is 0.190. The maximum Gasteiger partial charge on any atom is 0.506 e. The number of carbonyl (C=O) groups is 4. The van der Waals surface area contributed by atoms with Gasteiger partial charge in [0.1, 0.15) is 29.1 Å². The molecule has 0 saturated heterocycles. The Morgan fingerprint density at radius 2 is 0.981 bits per heavy atom. The molecule has 1 fully saturated rings. The molecule has 272 valence electrons. The molecule has 52 heavy (non-hydrogen) atoms. The number of benzene rings is 4. The highest BCUT2D eigenvalue weighted by atomic mass is 16.7. The molecule has 2 amide bonds. The van der Waals surface area contributed by atoms with E-state index in [1.165, 1.54) is 0 Å². The van der Waals surface area contributed by atoms with Crippen LogP contribution in [0.3, 0.4) is 0 Å². The van der Waals surface area contributed by atoms with Crippen molar-refractivity contribution in [2.24, 2.45) is 17.8 Å². The summed E-state index contributed by atoms with van der Waals surface area (Å²) in [5, 5.41) is 19.4. The number of nitrogens with zero attached hydrogens (tertiary/aromatic N) is 2. The summed E-state index contributed by atoms with van der Waals surface area (Å²) in [4.78, 5) is 55.8. The number of ether oxygens (including phenoxy) is 3. The Bertz CT molecular complexity index is 1650. The van der Waals surface area contributed by atoms with Gasteiger partial charge in [-0.15, -0.1) is 0 Å².